The molecule has 0 atom stereocenters. The zero-order valence-electron chi connectivity index (χ0n) is 15.6. The van der Waals surface area contributed by atoms with Crippen LogP contribution in [0, 0.1) is 5.82 Å². The predicted octanol–water partition coefficient (Wildman–Crippen LogP) is 4.39. The van der Waals surface area contributed by atoms with E-state index in [1.165, 1.54) is 11.6 Å². The number of benzene rings is 2. The van der Waals surface area contributed by atoms with Gasteiger partial charge in [-0.1, -0.05) is 51.1 Å². The molecule has 0 saturated heterocycles. The van der Waals surface area contributed by atoms with E-state index in [0.29, 0.717) is 25.1 Å². The molecule has 140 valence electrons. The first-order valence-electron chi connectivity index (χ1n) is 8.85. The highest BCUT2D eigenvalue weighted by Gasteiger charge is 2.12. The predicted molar refractivity (Wildman–Crippen MR) is 102 cm³/mol. The Hall–Kier alpha value is -2.56. The van der Waals surface area contributed by atoms with Crippen LogP contribution >= 0.6 is 0 Å². The summed E-state index contributed by atoms with van der Waals surface area (Å²) in [6.45, 7) is 7.68. The van der Waals surface area contributed by atoms with Crippen LogP contribution in [0.25, 0.3) is 0 Å². The van der Waals surface area contributed by atoms with Crippen molar-refractivity contribution in [1.82, 2.24) is 10.6 Å². The summed E-state index contributed by atoms with van der Waals surface area (Å²) in [6.07, 6.45) is 0.689. The Morgan fingerprint density at radius 3 is 2.38 bits per heavy atom. The summed E-state index contributed by atoms with van der Waals surface area (Å²) in [5.41, 5.74) is 1.85. The van der Waals surface area contributed by atoms with E-state index < -0.39 is 0 Å². The van der Waals surface area contributed by atoms with Crippen LogP contribution < -0.4 is 15.4 Å². The number of hydrogen-bond donors (Lipinski definition) is 2. The Bertz CT molecular complexity index is 709. The number of carbonyl (C=O) groups excluding carboxylic acids is 1. The first-order chi connectivity index (χ1) is 12.4. The zero-order chi connectivity index (χ0) is 19.0. The normalized spacial score (nSPS) is 11.1. The third-order valence-electron chi connectivity index (χ3n) is 3.99. The molecule has 0 unspecified atom stereocenters. The van der Waals surface area contributed by atoms with Crippen molar-refractivity contribution in [3.8, 4) is 5.75 Å². The molecule has 0 heterocycles. The second-order valence-corrected chi connectivity index (χ2v) is 7.18. The summed E-state index contributed by atoms with van der Waals surface area (Å²) in [5.74, 6) is 0.501. The number of rotatable bonds is 7. The van der Waals surface area contributed by atoms with Gasteiger partial charge in [-0.05, 0) is 35.6 Å². The van der Waals surface area contributed by atoms with Crippen LogP contribution in [-0.4, -0.2) is 19.2 Å². The molecule has 0 saturated carbocycles. The van der Waals surface area contributed by atoms with Crippen molar-refractivity contribution >= 4 is 6.03 Å². The van der Waals surface area contributed by atoms with Crippen LogP contribution in [0.2, 0.25) is 0 Å². The van der Waals surface area contributed by atoms with Gasteiger partial charge in [-0.3, -0.25) is 0 Å². The summed E-state index contributed by atoms with van der Waals surface area (Å²) < 4.78 is 19.1. The third-order valence-corrected chi connectivity index (χ3v) is 3.99. The molecule has 5 heteroatoms. The lowest BCUT2D eigenvalue weighted by Gasteiger charge is -2.19. The van der Waals surface area contributed by atoms with Crippen molar-refractivity contribution < 1.29 is 13.9 Å². The first-order valence-corrected chi connectivity index (χ1v) is 8.85. The fraction of sp³-hybridized carbons (Fsp3) is 0.381. The molecule has 0 fully saturated rings. The van der Waals surface area contributed by atoms with Crippen molar-refractivity contribution in [1.29, 1.82) is 0 Å². The quantitative estimate of drug-likeness (QED) is 0.721. The molecule has 4 nitrogen and oxygen atoms in total. The summed E-state index contributed by atoms with van der Waals surface area (Å²) >= 11 is 0. The average molecular weight is 358 g/mol. The maximum absolute atomic E-state index is 13.5. The molecule has 2 amide bonds. The van der Waals surface area contributed by atoms with Crippen LogP contribution in [0.3, 0.4) is 0 Å². The molecule has 2 aromatic carbocycles. The van der Waals surface area contributed by atoms with Crippen LogP contribution in [-0.2, 0) is 12.0 Å². The number of nitrogens with one attached hydrogen (secondary N) is 2. The molecule has 2 N–H and O–H groups in total. The number of ether oxygens (including phenoxy) is 1. The maximum Gasteiger partial charge on any atom is 0.315 e. The van der Waals surface area contributed by atoms with E-state index in [-0.39, 0.29) is 23.8 Å². The standard InChI is InChI=1S/C21H27FN2O2/c1-21(2,3)17-9-11-18(12-10-17)26-14-6-13-23-20(25)24-15-16-7-4-5-8-19(16)22/h4-5,7-12H,6,13-15H2,1-3H3,(H2,23,24,25). The molecular weight excluding hydrogens is 331 g/mol. The molecule has 0 aromatic heterocycles. The van der Waals surface area contributed by atoms with Gasteiger partial charge in [0.2, 0.25) is 0 Å². The van der Waals surface area contributed by atoms with Gasteiger partial charge in [-0.15, -0.1) is 0 Å². The van der Waals surface area contributed by atoms with Crippen LogP contribution in [0.1, 0.15) is 38.3 Å². The highest BCUT2D eigenvalue weighted by molar-refractivity contribution is 5.73. The molecule has 2 aromatic rings. The minimum absolute atomic E-state index is 0.123. The fourth-order valence-corrected chi connectivity index (χ4v) is 2.40. The molecule has 0 aliphatic heterocycles. The Labute approximate surface area is 154 Å². The number of amides is 2. The van der Waals surface area contributed by atoms with Crippen LogP contribution in [0.5, 0.6) is 5.75 Å². The smallest absolute Gasteiger partial charge is 0.315 e. The molecule has 0 aliphatic rings. The number of urea groups is 1. The number of halogens is 1. The lowest BCUT2D eigenvalue weighted by molar-refractivity contribution is 0.238. The minimum Gasteiger partial charge on any atom is -0.494 e. The monoisotopic (exact) mass is 358 g/mol. The molecular formula is C21H27FN2O2. The average Bonchev–Trinajstić information content (AvgIpc) is 2.60. The first kappa shape index (κ1) is 19.8. The van der Waals surface area contributed by atoms with Crippen molar-refractivity contribution in [2.75, 3.05) is 13.2 Å². The zero-order valence-corrected chi connectivity index (χ0v) is 15.6. The Morgan fingerprint density at radius 1 is 1.04 bits per heavy atom. The summed E-state index contributed by atoms with van der Waals surface area (Å²) in [7, 11) is 0. The molecule has 0 radical (unpaired) electrons. The molecule has 0 aliphatic carbocycles. The van der Waals surface area contributed by atoms with Crippen LogP contribution in [0.15, 0.2) is 48.5 Å². The van der Waals surface area contributed by atoms with Gasteiger partial charge in [-0.25, -0.2) is 9.18 Å². The summed E-state index contributed by atoms with van der Waals surface area (Å²) in [5, 5.41) is 5.37. The van der Waals surface area contributed by atoms with E-state index >= 15 is 0 Å². The second-order valence-electron chi connectivity index (χ2n) is 7.18. The van der Waals surface area contributed by atoms with Gasteiger partial charge in [0, 0.05) is 18.7 Å². The highest BCUT2D eigenvalue weighted by Crippen LogP contribution is 2.24. The van der Waals surface area contributed by atoms with E-state index in [2.05, 4.69) is 43.5 Å². The van der Waals surface area contributed by atoms with Gasteiger partial charge in [0.15, 0.2) is 0 Å². The van der Waals surface area contributed by atoms with Crippen molar-refractivity contribution in [2.24, 2.45) is 0 Å². The lowest BCUT2D eigenvalue weighted by atomic mass is 9.87. The SMILES string of the molecule is CC(C)(C)c1ccc(OCCCNC(=O)NCc2ccccc2F)cc1. The summed E-state index contributed by atoms with van der Waals surface area (Å²) in [4.78, 5) is 11.7. The Kier molecular flexibility index (Phi) is 7.01. The molecule has 26 heavy (non-hydrogen) atoms. The van der Waals surface area contributed by atoms with E-state index in [1.54, 1.807) is 18.2 Å². The second kappa shape index (κ2) is 9.22. The van der Waals surface area contributed by atoms with Crippen molar-refractivity contribution in [2.45, 2.75) is 39.2 Å². The number of hydrogen-bond acceptors (Lipinski definition) is 2. The topological polar surface area (TPSA) is 50.4 Å². The van der Waals surface area contributed by atoms with Gasteiger partial charge in [0.25, 0.3) is 0 Å². The summed E-state index contributed by atoms with van der Waals surface area (Å²) in [6, 6.07) is 14.1. The highest BCUT2D eigenvalue weighted by atomic mass is 19.1. The Morgan fingerprint density at radius 2 is 1.73 bits per heavy atom. The van der Waals surface area contributed by atoms with E-state index in [1.807, 2.05) is 12.1 Å². The van der Waals surface area contributed by atoms with Gasteiger partial charge in [0.05, 0.1) is 6.61 Å². The third kappa shape index (κ3) is 6.39. The van der Waals surface area contributed by atoms with Gasteiger partial charge < -0.3 is 15.4 Å². The fourth-order valence-electron chi connectivity index (χ4n) is 2.40. The molecule has 0 spiro atoms. The van der Waals surface area contributed by atoms with E-state index in [4.69, 9.17) is 4.74 Å². The van der Waals surface area contributed by atoms with Gasteiger partial charge in [-0.2, -0.15) is 0 Å². The van der Waals surface area contributed by atoms with Crippen molar-refractivity contribution in [3.63, 3.8) is 0 Å². The van der Waals surface area contributed by atoms with Gasteiger partial charge in [0.1, 0.15) is 11.6 Å². The molecule has 0 bridgehead atoms. The van der Waals surface area contributed by atoms with Crippen LogP contribution in [0.4, 0.5) is 9.18 Å². The lowest BCUT2D eigenvalue weighted by Crippen LogP contribution is -2.36. The Balaban J connectivity index is 1.61. The molecule has 2 rings (SSSR count). The van der Waals surface area contributed by atoms with E-state index in [9.17, 15) is 9.18 Å². The maximum atomic E-state index is 13.5. The number of carbonyl (C=O) groups is 1. The largest absolute Gasteiger partial charge is 0.494 e. The minimum atomic E-state index is -0.321. The van der Waals surface area contributed by atoms with Crippen molar-refractivity contribution in [3.05, 3.63) is 65.5 Å². The van der Waals surface area contributed by atoms with E-state index in [0.717, 1.165) is 5.75 Å². The van der Waals surface area contributed by atoms with Gasteiger partial charge >= 0.3 is 6.03 Å².